The van der Waals surface area contributed by atoms with Crippen molar-refractivity contribution in [3.63, 3.8) is 0 Å². The molecule has 142 valence electrons. The zero-order valence-corrected chi connectivity index (χ0v) is 15.9. The van der Waals surface area contributed by atoms with Crippen molar-refractivity contribution in [3.05, 3.63) is 64.4 Å². The van der Waals surface area contributed by atoms with Crippen molar-refractivity contribution >= 4 is 17.5 Å². The Bertz CT molecular complexity index is 843. The van der Waals surface area contributed by atoms with E-state index in [2.05, 4.69) is 5.32 Å². The van der Waals surface area contributed by atoms with Crippen LogP contribution in [-0.2, 0) is 0 Å². The van der Waals surface area contributed by atoms with E-state index in [9.17, 15) is 9.18 Å². The molecule has 4 rings (SSSR count). The van der Waals surface area contributed by atoms with Gasteiger partial charge in [-0.1, -0.05) is 23.7 Å². The number of halogens is 2. The molecular weight excluding hydrogens is 367 g/mol. The van der Waals surface area contributed by atoms with Crippen LogP contribution in [0.4, 0.5) is 4.39 Å². The molecule has 6 heteroatoms. The van der Waals surface area contributed by atoms with E-state index >= 15 is 0 Å². The number of hydrogen-bond acceptors (Lipinski definition) is 3. The van der Waals surface area contributed by atoms with Crippen LogP contribution in [0, 0.1) is 5.82 Å². The van der Waals surface area contributed by atoms with Gasteiger partial charge in [0.1, 0.15) is 11.6 Å². The minimum Gasteiger partial charge on any atom is -0.496 e. The van der Waals surface area contributed by atoms with Crippen molar-refractivity contribution in [1.82, 2.24) is 10.2 Å². The molecule has 2 aromatic carbocycles. The van der Waals surface area contributed by atoms with Crippen molar-refractivity contribution in [2.75, 3.05) is 20.2 Å². The predicted octanol–water partition coefficient (Wildman–Crippen LogP) is 3.85. The third-order valence-corrected chi connectivity index (χ3v) is 5.88. The maximum absolute atomic E-state index is 13.4. The van der Waals surface area contributed by atoms with Gasteiger partial charge >= 0.3 is 0 Å². The molecule has 2 heterocycles. The molecule has 2 aliphatic heterocycles. The standard InChI is InChI=1S/C21H22ClFN2O2/c1-27-19-9-6-14(22)11-16(19)21(26)25-10-2-3-18-20(25)17(12-24-18)13-4-7-15(23)8-5-13/h4-9,11,17-18,20,24H,2-3,10,12H2,1H3/t17-,18-,20-/m1/s1. The van der Waals surface area contributed by atoms with E-state index < -0.39 is 0 Å². The summed E-state index contributed by atoms with van der Waals surface area (Å²) in [5.41, 5.74) is 1.53. The Morgan fingerprint density at radius 3 is 2.78 bits per heavy atom. The van der Waals surface area contributed by atoms with Gasteiger partial charge in [-0.15, -0.1) is 0 Å². The number of ether oxygens (including phenoxy) is 1. The van der Waals surface area contributed by atoms with E-state index in [4.69, 9.17) is 16.3 Å². The van der Waals surface area contributed by atoms with Crippen LogP contribution >= 0.6 is 11.6 Å². The number of hydrogen-bond donors (Lipinski definition) is 1. The lowest BCUT2D eigenvalue weighted by Gasteiger charge is -2.40. The highest BCUT2D eigenvalue weighted by Crippen LogP contribution is 2.37. The minimum atomic E-state index is -0.249. The molecule has 0 radical (unpaired) electrons. The Morgan fingerprint density at radius 1 is 1.26 bits per heavy atom. The van der Waals surface area contributed by atoms with Crippen LogP contribution < -0.4 is 10.1 Å². The van der Waals surface area contributed by atoms with Crippen LogP contribution in [0.3, 0.4) is 0 Å². The number of amides is 1. The number of methoxy groups -OCH3 is 1. The molecule has 0 aromatic heterocycles. The average molecular weight is 389 g/mol. The molecule has 3 atom stereocenters. The Labute approximate surface area is 163 Å². The quantitative estimate of drug-likeness (QED) is 0.868. The van der Waals surface area contributed by atoms with E-state index in [1.165, 1.54) is 12.1 Å². The monoisotopic (exact) mass is 388 g/mol. The molecule has 2 saturated heterocycles. The Kier molecular flexibility index (Phi) is 5.06. The summed E-state index contributed by atoms with van der Waals surface area (Å²) in [5, 5.41) is 4.06. The highest BCUT2D eigenvalue weighted by atomic mass is 35.5. The molecule has 0 unspecified atom stereocenters. The van der Waals surface area contributed by atoms with Gasteiger partial charge in [-0.3, -0.25) is 4.79 Å². The maximum Gasteiger partial charge on any atom is 0.257 e. The molecule has 1 amide bonds. The first-order chi connectivity index (χ1) is 13.1. The fourth-order valence-corrected chi connectivity index (χ4v) is 4.57. The molecule has 0 spiro atoms. The first-order valence-electron chi connectivity index (χ1n) is 9.22. The lowest BCUT2D eigenvalue weighted by atomic mass is 9.85. The summed E-state index contributed by atoms with van der Waals surface area (Å²) in [7, 11) is 1.55. The number of carbonyl (C=O) groups is 1. The molecule has 4 nitrogen and oxygen atoms in total. The van der Waals surface area contributed by atoms with Crippen molar-refractivity contribution in [2.24, 2.45) is 0 Å². The molecule has 0 aliphatic carbocycles. The van der Waals surface area contributed by atoms with Gasteiger partial charge in [-0.2, -0.15) is 0 Å². The second-order valence-corrected chi connectivity index (χ2v) is 7.59. The number of nitrogens with zero attached hydrogens (tertiary/aromatic N) is 1. The van der Waals surface area contributed by atoms with Crippen molar-refractivity contribution in [3.8, 4) is 5.75 Å². The smallest absolute Gasteiger partial charge is 0.257 e. The lowest BCUT2D eigenvalue weighted by molar-refractivity contribution is 0.0575. The third-order valence-electron chi connectivity index (χ3n) is 5.65. The summed E-state index contributed by atoms with van der Waals surface area (Å²) >= 11 is 6.13. The molecule has 2 fully saturated rings. The normalized spacial score (nSPS) is 24.6. The zero-order valence-electron chi connectivity index (χ0n) is 15.1. The fourth-order valence-electron chi connectivity index (χ4n) is 4.40. The first-order valence-corrected chi connectivity index (χ1v) is 9.59. The number of benzene rings is 2. The largest absolute Gasteiger partial charge is 0.496 e. The maximum atomic E-state index is 13.4. The lowest BCUT2D eigenvalue weighted by Crippen LogP contribution is -2.52. The number of likely N-dealkylation sites (tertiary alicyclic amines) is 1. The predicted molar refractivity (Wildman–Crippen MR) is 103 cm³/mol. The molecule has 27 heavy (non-hydrogen) atoms. The second-order valence-electron chi connectivity index (χ2n) is 7.15. The number of carbonyl (C=O) groups excluding carboxylic acids is 1. The van der Waals surface area contributed by atoms with Crippen LogP contribution in [0.5, 0.6) is 5.75 Å². The summed E-state index contributed by atoms with van der Waals surface area (Å²) in [4.78, 5) is 15.3. The molecule has 0 saturated carbocycles. The van der Waals surface area contributed by atoms with Gasteiger partial charge in [-0.05, 0) is 48.7 Å². The topological polar surface area (TPSA) is 41.6 Å². The Hall–Kier alpha value is -2.11. The van der Waals surface area contributed by atoms with E-state index in [1.807, 2.05) is 17.0 Å². The van der Waals surface area contributed by atoms with E-state index in [1.54, 1.807) is 25.3 Å². The van der Waals surface area contributed by atoms with Gasteiger partial charge in [0.25, 0.3) is 5.91 Å². The Morgan fingerprint density at radius 2 is 2.04 bits per heavy atom. The van der Waals surface area contributed by atoms with E-state index in [0.717, 1.165) is 24.9 Å². The summed E-state index contributed by atoms with van der Waals surface area (Å²) in [5.74, 6) is 0.335. The average Bonchev–Trinajstić information content (AvgIpc) is 3.12. The van der Waals surface area contributed by atoms with Crippen LogP contribution in [0.25, 0.3) is 0 Å². The van der Waals surface area contributed by atoms with Crippen molar-refractivity contribution in [2.45, 2.75) is 30.8 Å². The highest BCUT2D eigenvalue weighted by molar-refractivity contribution is 6.31. The molecule has 2 aromatic rings. The van der Waals surface area contributed by atoms with Crippen molar-refractivity contribution in [1.29, 1.82) is 0 Å². The van der Waals surface area contributed by atoms with Gasteiger partial charge in [0, 0.05) is 30.1 Å². The number of fused-ring (bicyclic) bond motifs is 1. The van der Waals surface area contributed by atoms with Crippen LogP contribution in [0.2, 0.25) is 5.02 Å². The summed E-state index contributed by atoms with van der Waals surface area (Å²) in [6, 6.07) is 12.0. The Balaban J connectivity index is 1.68. The number of rotatable bonds is 3. The van der Waals surface area contributed by atoms with Gasteiger partial charge in [0.05, 0.1) is 18.7 Å². The van der Waals surface area contributed by atoms with E-state index in [0.29, 0.717) is 22.9 Å². The summed E-state index contributed by atoms with van der Waals surface area (Å²) in [6.45, 7) is 1.46. The van der Waals surface area contributed by atoms with Crippen molar-refractivity contribution < 1.29 is 13.9 Å². The first kappa shape index (κ1) is 18.3. The zero-order chi connectivity index (χ0) is 19.0. The third kappa shape index (κ3) is 3.42. The second kappa shape index (κ2) is 7.49. The van der Waals surface area contributed by atoms with Gasteiger partial charge in [0.15, 0.2) is 0 Å². The van der Waals surface area contributed by atoms with Gasteiger partial charge in [0.2, 0.25) is 0 Å². The number of nitrogens with one attached hydrogen (secondary N) is 1. The van der Waals surface area contributed by atoms with Crippen LogP contribution in [-0.4, -0.2) is 43.1 Å². The molecule has 2 aliphatic rings. The number of piperidine rings is 1. The minimum absolute atomic E-state index is 0.0281. The molecule has 1 N–H and O–H groups in total. The molecular formula is C21H22ClFN2O2. The SMILES string of the molecule is COc1ccc(Cl)cc1C(=O)N1CCC[C@H]2NC[C@H](c3ccc(F)cc3)[C@H]21. The van der Waals surface area contributed by atoms with Gasteiger partial charge in [-0.25, -0.2) is 4.39 Å². The fraction of sp³-hybridized carbons (Fsp3) is 0.381. The summed E-state index contributed by atoms with van der Waals surface area (Å²) in [6.07, 6.45) is 1.97. The van der Waals surface area contributed by atoms with Crippen LogP contribution in [0.1, 0.15) is 34.7 Å². The van der Waals surface area contributed by atoms with E-state index in [-0.39, 0.29) is 29.7 Å². The van der Waals surface area contributed by atoms with Crippen LogP contribution in [0.15, 0.2) is 42.5 Å². The highest BCUT2D eigenvalue weighted by Gasteiger charge is 2.44. The molecule has 0 bridgehead atoms. The summed E-state index contributed by atoms with van der Waals surface area (Å²) < 4.78 is 18.7. The van der Waals surface area contributed by atoms with Gasteiger partial charge < -0.3 is 15.0 Å².